The Kier molecular flexibility index (Phi) is 3.14. The number of benzene rings is 1. The molecule has 1 amide bonds. The molecule has 1 heterocycles. The molecule has 0 fully saturated rings. The lowest BCUT2D eigenvalue weighted by Crippen LogP contribution is -2.35. The third-order valence-electron chi connectivity index (χ3n) is 2.28. The van der Waals surface area contributed by atoms with Gasteiger partial charge in [0.1, 0.15) is 6.09 Å². The summed E-state index contributed by atoms with van der Waals surface area (Å²) in [6.07, 6.45) is -0.477. The maximum atomic E-state index is 10.3. The second kappa shape index (κ2) is 4.74. The van der Waals surface area contributed by atoms with Crippen LogP contribution in [0.25, 0.3) is 0 Å². The number of fused-ring (bicyclic) bond motifs is 1. The predicted octanol–water partition coefficient (Wildman–Crippen LogP) is 0.281. The van der Waals surface area contributed by atoms with Gasteiger partial charge in [-0.25, -0.2) is 0 Å². The zero-order valence-corrected chi connectivity index (χ0v) is 8.69. The number of amides is 1. The van der Waals surface area contributed by atoms with Gasteiger partial charge in [-0.3, -0.25) is 0 Å². The highest BCUT2D eigenvalue weighted by molar-refractivity contribution is 5.62. The van der Waals surface area contributed by atoms with Crippen LogP contribution in [-0.2, 0) is 6.54 Å². The highest BCUT2D eigenvalue weighted by Gasteiger charge is 2.13. The van der Waals surface area contributed by atoms with Gasteiger partial charge in [-0.1, -0.05) is 12.1 Å². The molecule has 5 heteroatoms. The number of carboxylic acid groups (broad SMARTS) is 1. The summed E-state index contributed by atoms with van der Waals surface area (Å²) in [5, 5.41) is 12.5. The maximum Gasteiger partial charge on any atom is 0.166 e. The molecule has 0 radical (unpaired) electrons. The molecule has 1 aromatic carbocycles. The summed E-state index contributed by atoms with van der Waals surface area (Å²) in [7, 11) is 0. The van der Waals surface area contributed by atoms with Gasteiger partial charge in [0.15, 0.2) is 11.5 Å². The molecule has 1 aromatic rings. The second-order valence-corrected chi connectivity index (χ2v) is 3.44. The fraction of sp³-hybridized carbons (Fsp3) is 0.364. The molecule has 5 nitrogen and oxygen atoms in total. The van der Waals surface area contributed by atoms with Crippen LogP contribution >= 0.6 is 0 Å². The van der Waals surface area contributed by atoms with E-state index in [0.717, 1.165) is 12.0 Å². The number of nitrogens with one attached hydrogen (secondary N) is 1. The Labute approximate surface area is 93.0 Å². The smallest absolute Gasteiger partial charge is 0.166 e. The van der Waals surface area contributed by atoms with E-state index < -0.39 is 6.09 Å². The molecule has 1 aliphatic heterocycles. The second-order valence-electron chi connectivity index (χ2n) is 3.44. The molecule has 16 heavy (non-hydrogen) atoms. The normalized spacial score (nSPS) is 14.0. The summed E-state index contributed by atoms with van der Waals surface area (Å²) in [6, 6.07) is 5.41. The van der Waals surface area contributed by atoms with Crippen LogP contribution in [0.1, 0.15) is 12.0 Å². The molecule has 0 saturated heterocycles. The lowest BCUT2D eigenvalue weighted by atomic mass is 10.2. The molecule has 1 N–H and O–H groups in total. The first-order valence-corrected chi connectivity index (χ1v) is 5.09. The molecule has 0 unspecified atom stereocenters. The number of carbonyl (C=O) groups is 1. The van der Waals surface area contributed by atoms with E-state index in [4.69, 9.17) is 9.47 Å². The molecule has 0 aliphatic carbocycles. The van der Waals surface area contributed by atoms with Crippen molar-refractivity contribution in [1.29, 1.82) is 0 Å². The first-order chi connectivity index (χ1) is 7.77. The van der Waals surface area contributed by atoms with Crippen molar-refractivity contribution in [2.24, 2.45) is 0 Å². The van der Waals surface area contributed by atoms with Gasteiger partial charge in [-0.05, 0) is 6.07 Å². The highest BCUT2D eigenvalue weighted by atomic mass is 16.5. The van der Waals surface area contributed by atoms with Crippen LogP contribution in [0.3, 0.4) is 0 Å². The van der Waals surface area contributed by atoms with Gasteiger partial charge in [0.05, 0.1) is 13.2 Å². The molecule has 0 spiro atoms. The third kappa shape index (κ3) is 2.36. The quantitative estimate of drug-likeness (QED) is 0.780. The average molecular weight is 222 g/mol. The molecule has 1 aliphatic rings. The number of ether oxygens (including phenoxy) is 2. The van der Waals surface area contributed by atoms with Crippen molar-refractivity contribution >= 4 is 6.09 Å². The first-order valence-electron chi connectivity index (χ1n) is 5.09. The predicted molar refractivity (Wildman–Crippen MR) is 54.3 cm³/mol. The zero-order chi connectivity index (χ0) is 11.4. The molecular formula is C11H12NO4-. The van der Waals surface area contributed by atoms with E-state index in [1.165, 1.54) is 0 Å². The SMILES string of the molecule is O=C([O-])NCc1cccc2c1OCCCO2. The summed E-state index contributed by atoms with van der Waals surface area (Å²) in [6.45, 7) is 1.36. The highest BCUT2D eigenvalue weighted by Crippen LogP contribution is 2.32. The van der Waals surface area contributed by atoms with Crippen LogP contribution in [0, 0.1) is 0 Å². The lowest BCUT2D eigenvalue weighted by Gasteiger charge is -2.13. The standard InChI is InChI=1S/C11H13NO4/c13-11(14)12-7-8-3-1-4-9-10(8)16-6-2-5-15-9/h1,3-4,12H,2,5-7H2,(H,13,14)/p-1. The van der Waals surface area contributed by atoms with Crippen molar-refractivity contribution in [3.63, 3.8) is 0 Å². The Morgan fingerprint density at radius 2 is 2.19 bits per heavy atom. The van der Waals surface area contributed by atoms with Gasteiger partial charge in [-0.2, -0.15) is 0 Å². The van der Waals surface area contributed by atoms with E-state index >= 15 is 0 Å². The van der Waals surface area contributed by atoms with Crippen molar-refractivity contribution in [1.82, 2.24) is 5.32 Å². The van der Waals surface area contributed by atoms with Crippen molar-refractivity contribution in [3.05, 3.63) is 23.8 Å². The minimum Gasteiger partial charge on any atom is -0.530 e. The summed E-state index contributed by atoms with van der Waals surface area (Å²) in [5.41, 5.74) is 0.753. The van der Waals surface area contributed by atoms with Crippen LogP contribution in [0.2, 0.25) is 0 Å². The number of hydrogen-bond donors (Lipinski definition) is 1. The van der Waals surface area contributed by atoms with Gasteiger partial charge in [0.2, 0.25) is 0 Å². The third-order valence-corrected chi connectivity index (χ3v) is 2.28. The fourth-order valence-corrected chi connectivity index (χ4v) is 1.56. The Morgan fingerprint density at radius 3 is 3.00 bits per heavy atom. The Hall–Kier alpha value is -1.91. The van der Waals surface area contributed by atoms with Gasteiger partial charge < -0.3 is 24.7 Å². The minimum absolute atomic E-state index is 0.162. The van der Waals surface area contributed by atoms with Gasteiger partial charge in [0.25, 0.3) is 0 Å². The molecule has 0 saturated carbocycles. The Morgan fingerprint density at radius 1 is 1.38 bits per heavy atom. The van der Waals surface area contributed by atoms with E-state index in [1.807, 2.05) is 6.07 Å². The maximum absolute atomic E-state index is 10.3. The summed E-state index contributed by atoms with van der Waals surface area (Å²) < 4.78 is 11.0. The lowest BCUT2D eigenvalue weighted by molar-refractivity contribution is -0.251. The monoisotopic (exact) mass is 222 g/mol. The van der Waals surface area contributed by atoms with Gasteiger partial charge >= 0.3 is 0 Å². The van der Waals surface area contributed by atoms with Crippen molar-refractivity contribution in [2.45, 2.75) is 13.0 Å². The van der Waals surface area contributed by atoms with E-state index in [1.54, 1.807) is 12.1 Å². The van der Waals surface area contributed by atoms with Crippen LogP contribution in [0.15, 0.2) is 18.2 Å². The van der Waals surface area contributed by atoms with Gasteiger partial charge in [-0.15, -0.1) is 0 Å². The molecule has 0 aromatic heterocycles. The van der Waals surface area contributed by atoms with Crippen LogP contribution < -0.4 is 19.9 Å². The molecule has 2 rings (SSSR count). The summed E-state index contributed by atoms with van der Waals surface area (Å²) in [4.78, 5) is 10.3. The zero-order valence-electron chi connectivity index (χ0n) is 8.69. The van der Waals surface area contributed by atoms with Crippen molar-refractivity contribution < 1.29 is 19.4 Å². The van der Waals surface area contributed by atoms with Crippen LogP contribution in [0.5, 0.6) is 11.5 Å². The number of para-hydroxylation sites is 1. The topological polar surface area (TPSA) is 70.6 Å². The van der Waals surface area contributed by atoms with E-state index in [0.29, 0.717) is 24.7 Å². The van der Waals surface area contributed by atoms with Gasteiger partial charge in [0, 0.05) is 18.5 Å². The number of rotatable bonds is 2. The summed E-state index contributed by atoms with van der Waals surface area (Å²) >= 11 is 0. The Balaban J connectivity index is 2.20. The largest absolute Gasteiger partial charge is 0.530 e. The van der Waals surface area contributed by atoms with Crippen molar-refractivity contribution in [2.75, 3.05) is 13.2 Å². The number of hydrogen-bond acceptors (Lipinski definition) is 4. The average Bonchev–Trinajstić information content (AvgIpc) is 2.51. The molecular weight excluding hydrogens is 210 g/mol. The van der Waals surface area contributed by atoms with E-state index in [2.05, 4.69) is 5.32 Å². The molecule has 86 valence electrons. The van der Waals surface area contributed by atoms with E-state index in [-0.39, 0.29) is 6.54 Å². The molecule has 0 bridgehead atoms. The first kappa shape index (κ1) is 10.6. The van der Waals surface area contributed by atoms with Crippen molar-refractivity contribution in [3.8, 4) is 11.5 Å². The van der Waals surface area contributed by atoms with Crippen LogP contribution in [-0.4, -0.2) is 19.3 Å². The fourth-order valence-electron chi connectivity index (χ4n) is 1.56. The molecule has 0 atom stereocenters. The van der Waals surface area contributed by atoms with Crippen LogP contribution in [0.4, 0.5) is 4.79 Å². The minimum atomic E-state index is -1.30. The Bertz CT molecular complexity index is 392. The summed E-state index contributed by atoms with van der Waals surface area (Å²) in [5.74, 6) is 1.28. The van der Waals surface area contributed by atoms with E-state index in [9.17, 15) is 9.90 Å². The number of carbonyl (C=O) groups excluding carboxylic acids is 1.